The Morgan fingerprint density at radius 1 is 1.13 bits per heavy atom. The third-order valence-corrected chi connectivity index (χ3v) is 2.40. The minimum Gasteiger partial charge on any atom is -0.481 e. The molecule has 1 aromatic carbocycles. The number of carboxylic acids is 1. The molecule has 0 aliphatic heterocycles. The Kier molecular flexibility index (Phi) is 5.46. The zero-order chi connectivity index (χ0) is 17.8. The lowest BCUT2D eigenvalue weighted by molar-refractivity contribution is -0.274. The number of benzene rings is 1. The van der Waals surface area contributed by atoms with Gasteiger partial charge in [-0.25, -0.2) is 0 Å². The van der Waals surface area contributed by atoms with E-state index in [0.717, 1.165) is 18.2 Å². The Bertz CT molecular complexity index is 584. The van der Waals surface area contributed by atoms with Gasteiger partial charge in [0.05, 0.1) is 6.42 Å². The number of carboxylic acid groups (broad SMARTS) is 1. The molecule has 0 heterocycles. The monoisotopic (exact) mass is 345 g/mol. The third kappa shape index (κ3) is 6.04. The molecule has 11 heteroatoms. The number of aliphatic carboxylic acids is 1. The zero-order valence-corrected chi connectivity index (χ0v) is 11.1. The van der Waals surface area contributed by atoms with Crippen molar-refractivity contribution in [2.75, 3.05) is 11.4 Å². The molecule has 0 aliphatic rings. The third-order valence-electron chi connectivity index (χ3n) is 2.40. The largest absolute Gasteiger partial charge is 0.573 e. The van der Waals surface area contributed by atoms with E-state index in [1.54, 1.807) is 0 Å². The first-order chi connectivity index (χ1) is 10.4. The lowest BCUT2D eigenvalue weighted by Gasteiger charge is -2.23. The van der Waals surface area contributed by atoms with Gasteiger partial charge in [0.1, 0.15) is 5.75 Å². The Morgan fingerprint density at radius 2 is 1.74 bits per heavy atom. The summed E-state index contributed by atoms with van der Waals surface area (Å²) >= 11 is 0. The van der Waals surface area contributed by atoms with Crippen LogP contribution >= 0.6 is 0 Å². The van der Waals surface area contributed by atoms with E-state index >= 15 is 0 Å². The van der Waals surface area contributed by atoms with Crippen molar-refractivity contribution in [2.45, 2.75) is 19.0 Å². The number of rotatable bonds is 5. The van der Waals surface area contributed by atoms with E-state index in [-0.39, 0.29) is 4.90 Å². The van der Waals surface area contributed by atoms with Crippen molar-refractivity contribution in [3.05, 3.63) is 24.3 Å². The normalized spacial score (nSPS) is 11.9. The molecule has 23 heavy (non-hydrogen) atoms. The summed E-state index contributed by atoms with van der Waals surface area (Å²) in [6.07, 6.45) is -11.2. The van der Waals surface area contributed by atoms with Crippen molar-refractivity contribution < 1.29 is 45.8 Å². The van der Waals surface area contributed by atoms with Crippen LogP contribution in [0, 0.1) is 0 Å². The first-order valence-electron chi connectivity index (χ1n) is 5.86. The molecular formula is C12H9F6NO4. The maximum Gasteiger partial charge on any atom is 0.573 e. The van der Waals surface area contributed by atoms with Crippen LogP contribution in [0.5, 0.6) is 5.75 Å². The van der Waals surface area contributed by atoms with Gasteiger partial charge in [0, 0.05) is 18.3 Å². The van der Waals surface area contributed by atoms with Crippen LogP contribution in [0.25, 0.3) is 0 Å². The lowest BCUT2D eigenvalue weighted by Crippen LogP contribution is -2.42. The van der Waals surface area contributed by atoms with Crippen LogP contribution in [-0.4, -0.2) is 36.1 Å². The Morgan fingerprint density at radius 3 is 2.22 bits per heavy atom. The van der Waals surface area contributed by atoms with Gasteiger partial charge in [0.25, 0.3) is 0 Å². The second-order valence-electron chi connectivity index (χ2n) is 4.14. The fraction of sp³-hybridized carbons (Fsp3) is 0.333. The van der Waals surface area contributed by atoms with E-state index in [1.165, 1.54) is 0 Å². The van der Waals surface area contributed by atoms with Gasteiger partial charge in [-0.05, 0) is 12.1 Å². The summed E-state index contributed by atoms with van der Waals surface area (Å²) in [5.41, 5.74) is -0.574. The summed E-state index contributed by atoms with van der Waals surface area (Å²) in [6, 6.07) is 3.24. The molecule has 0 radical (unpaired) electrons. The number of carbonyl (C=O) groups is 2. The fourth-order valence-corrected chi connectivity index (χ4v) is 1.56. The second-order valence-corrected chi connectivity index (χ2v) is 4.14. The van der Waals surface area contributed by atoms with E-state index in [0.29, 0.717) is 6.07 Å². The Labute approximate surface area is 125 Å². The number of nitrogens with zero attached hydrogens (tertiary/aromatic N) is 1. The number of anilines is 1. The van der Waals surface area contributed by atoms with Gasteiger partial charge >= 0.3 is 24.4 Å². The Hall–Kier alpha value is -2.46. The highest BCUT2D eigenvalue weighted by Gasteiger charge is 2.43. The summed E-state index contributed by atoms with van der Waals surface area (Å²) in [4.78, 5) is 21.8. The van der Waals surface area contributed by atoms with E-state index < -0.39 is 48.8 Å². The van der Waals surface area contributed by atoms with Crippen molar-refractivity contribution in [3.63, 3.8) is 0 Å². The summed E-state index contributed by atoms with van der Waals surface area (Å²) in [5.74, 6) is -4.72. The predicted octanol–water partition coefficient (Wildman–Crippen LogP) is 2.96. The number of hydrogen-bond donors (Lipinski definition) is 1. The molecule has 128 valence electrons. The van der Waals surface area contributed by atoms with Gasteiger partial charge in [-0.1, -0.05) is 6.07 Å². The standard InChI is InChI=1S/C12H9F6NO4/c13-11(14,15)10(22)19(5-4-9(20)21)7-2-1-3-8(6-7)23-12(16,17)18/h1-3,6H,4-5H2,(H,20,21). The first kappa shape index (κ1) is 18.6. The number of halogens is 6. The molecule has 1 rings (SSSR count). The summed E-state index contributed by atoms with van der Waals surface area (Å²) in [7, 11) is 0. The Balaban J connectivity index is 3.13. The number of alkyl halides is 6. The molecule has 0 bridgehead atoms. The zero-order valence-electron chi connectivity index (χ0n) is 11.1. The fourth-order valence-electron chi connectivity index (χ4n) is 1.56. The maximum absolute atomic E-state index is 12.5. The lowest BCUT2D eigenvalue weighted by atomic mass is 10.2. The summed E-state index contributed by atoms with van der Waals surface area (Å²) in [6.45, 7) is -0.872. The topological polar surface area (TPSA) is 66.8 Å². The van der Waals surface area contributed by atoms with Gasteiger partial charge in [-0.2, -0.15) is 13.2 Å². The number of carbonyl (C=O) groups excluding carboxylic acids is 1. The quantitative estimate of drug-likeness (QED) is 0.834. The highest BCUT2D eigenvalue weighted by Crippen LogP contribution is 2.29. The van der Waals surface area contributed by atoms with Crippen molar-refractivity contribution in [3.8, 4) is 5.75 Å². The molecule has 0 atom stereocenters. The van der Waals surface area contributed by atoms with Crippen LogP contribution in [0.4, 0.5) is 32.0 Å². The van der Waals surface area contributed by atoms with Crippen molar-refractivity contribution >= 4 is 17.6 Å². The minimum absolute atomic E-state index is 0.0252. The summed E-state index contributed by atoms with van der Waals surface area (Å²) < 4.78 is 77.5. The van der Waals surface area contributed by atoms with E-state index in [4.69, 9.17) is 5.11 Å². The summed E-state index contributed by atoms with van der Waals surface area (Å²) in [5, 5.41) is 8.51. The van der Waals surface area contributed by atoms with Crippen molar-refractivity contribution in [1.82, 2.24) is 0 Å². The van der Waals surface area contributed by atoms with Crippen LogP contribution in [0.15, 0.2) is 24.3 Å². The molecule has 0 saturated carbocycles. The highest BCUT2D eigenvalue weighted by atomic mass is 19.4. The molecule has 0 saturated heterocycles. The molecule has 0 aromatic heterocycles. The molecule has 0 aliphatic carbocycles. The van der Waals surface area contributed by atoms with Crippen LogP contribution in [-0.2, 0) is 9.59 Å². The smallest absolute Gasteiger partial charge is 0.481 e. The average molecular weight is 345 g/mol. The molecular weight excluding hydrogens is 336 g/mol. The SMILES string of the molecule is O=C(O)CCN(C(=O)C(F)(F)F)c1cccc(OC(F)(F)F)c1. The van der Waals surface area contributed by atoms with Crippen LogP contribution in [0.3, 0.4) is 0 Å². The van der Waals surface area contributed by atoms with Crippen molar-refractivity contribution in [2.24, 2.45) is 0 Å². The van der Waals surface area contributed by atoms with Crippen LogP contribution in [0.1, 0.15) is 6.42 Å². The molecule has 0 spiro atoms. The molecule has 5 nitrogen and oxygen atoms in total. The number of amides is 1. The van der Waals surface area contributed by atoms with Gasteiger partial charge in [-0.3, -0.25) is 9.59 Å². The van der Waals surface area contributed by atoms with Gasteiger partial charge in [-0.15, -0.1) is 13.2 Å². The molecule has 0 unspecified atom stereocenters. The second kappa shape index (κ2) is 6.75. The van der Waals surface area contributed by atoms with Gasteiger partial charge in [0.2, 0.25) is 0 Å². The first-order valence-corrected chi connectivity index (χ1v) is 5.86. The minimum atomic E-state index is -5.32. The van der Waals surface area contributed by atoms with Crippen LogP contribution in [0.2, 0.25) is 0 Å². The molecule has 1 N–H and O–H groups in total. The van der Waals surface area contributed by atoms with Crippen LogP contribution < -0.4 is 9.64 Å². The van der Waals surface area contributed by atoms with Gasteiger partial charge in [0.15, 0.2) is 0 Å². The van der Waals surface area contributed by atoms with E-state index in [2.05, 4.69) is 4.74 Å². The predicted molar refractivity (Wildman–Crippen MR) is 63.8 cm³/mol. The number of ether oxygens (including phenoxy) is 1. The average Bonchev–Trinajstić information content (AvgIpc) is 2.35. The van der Waals surface area contributed by atoms with Crippen molar-refractivity contribution in [1.29, 1.82) is 0 Å². The number of hydrogen-bond acceptors (Lipinski definition) is 3. The maximum atomic E-state index is 12.5. The van der Waals surface area contributed by atoms with Gasteiger partial charge < -0.3 is 14.7 Å². The molecule has 1 amide bonds. The van der Waals surface area contributed by atoms with E-state index in [9.17, 15) is 35.9 Å². The highest BCUT2D eigenvalue weighted by molar-refractivity contribution is 5.97. The van der Waals surface area contributed by atoms with E-state index in [1.807, 2.05) is 0 Å². The molecule has 1 aromatic rings. The molecule has 0 fully saturated rings.